The van der Waals surface area contributed by atoms with E-state index in [1.54, 1.807) is 11.8 Å². The largest absolute Gasteiger partial charge is 0.481 e. The van der Waals surface area contributed by atoms with Gasteiger partial charge in [-0.25, -0.2) is 4.79 Å². The Balaban J connectivity index is 1.79. The molecule has 2 heterocycles. The standard InChI is InChI=1S/C11H16N4O4/c1-7-8(10(16)17)3-5-15(7)11(18)12-4-2-9-13-6-19-14-9/h6-8H,2-5H2,1H3,(H,12,18)(H,16,17). The van der Waals surface area contributed by atoms with Gasteiger partial charge in [0.15, 0.2) is 5.82 Å². The van der Waals surface area contributed by atoms with E-state index in [9.17, 15) is 9.59 Å². The van der Waals surface area contributed by atoms with Crippen LogP contribution in [0.25, 0.3) is 0 Å². The van der Waals surface area contributed by atoms with Crippen molar-refractivity contribution in [1.82, 2.24) is 20.4 Å². The van der Waals surface area contributed by atoms with E-state index >= 15 is 0 Å². The predicted molar refractivity (Wildman–Crippen MR) is 63.3 cm³/mol. The molecule has 1 aliphatic heterocycles. The molecule has 1 aromatic heterocycles. The molecule has 2 N–H and O–H groups in total. The van der Waals surface area contributed by atoms with E-state index in [4.69, 9.17) is 5.11 Å². The van der Waals surface area contributed by atoms with Gasteiger partial charge in [-0.05, 0) is 13.3 Å². The van der Waals surface area contributed by atoms with Gasteiger partial charge in [-0.3, -0.25) is 4.79 Å². The Morgan fingerprint density at radius 1 is 1.63 bits per heavy atom. The highest BCUT2D eigenvalue weighted by Crippen LogP contribution is 2.24. The van der Waals surface area contributed by atoms with E-state index in [-0.39, 0.29) is 12.1 Å². The molecule has 19 heavy (non-hydrogen) atoms. The van der Waals surface area contributed by atoms with Crippen LogP contribution in [0.3, 0.4) is 0 Å². The number of nitrogens with one attached hydrogen (secondary N) is 1. The number of rotatable bonds is 4. The van der Waals surface area contributed by atoms with E-state index in [2.05, 4.69) is 20.0 Å². The van der Waals surface area contributed by atoms with Gasteiger partial charge < -0.3 is 19.8 Å². The zero-order valence-electron chi connectivity index (χ0n) is 10.6. The number of nitrogens with zero attached hydrogens (tertiary/aromatic N) is 3. The SMILES string of the molecule is CC1C(C(=O)O)CCN1C(=O)NCCc1ncon1. The van der Waals surface area contributed by atoms with E-state index in [1.807, 2.05) is 0 Å². The van der Waals surface area contributed by atoms with Gasteiger partial charge in [0.1, 0.15) is 0 Å². The highest BCUT2D eigenvalue weighted by molar-refractivity contribution is 5.78. The quantitative estimate of drug-likeness (QED) is 0.802. The Hall–Kier alpha value is -2.12. The van der Waals surface area contributed by atoms with Crippen molar-refractivity contribution in [3.05, 3.63) is 12.2 Å². The van der Waals surface area contributed by atoms with Crippen molar-refractivity contribution >= 4 is 12.0 Å². The maximum Gasteiger partial charge on any atom is 0.317 e. The summed E-state index contributed by atoms with van der Waals surface area (Å²) >= 11 is 0. The topological polar surface area (TPSA) is 109 Å². The van der Waals surface area contributed by atoms with E-state index in [1.165, 1.54) is 6.39 Å². The number of carboxylic acid groups (broad SMARTS) is 1. The molecule has 8 heteroatoms. The summed E-state index contributed by atoms with van der Waals surface area (Å²) in [6.45, 7) is 2.61. The molecule has 2 rings (SSSR count). The number of hydrogen-bond donors (Lipinski definition) is 2. The fourth-order valence-corrected chi connectivity index (χ4v) is 2.24. The molecule has 0 aromatic carbocycles. The highest BCUT2D eigenvalue weighted by atomic mass is 16.5. The minimum Gasteiger partial charge on any atom is -0.481 e. The lowest BCUT2D eigenvalue weighted by Crippen LogP contribution is -2.44. The second kappa shape index (κ2) is 5.68. The van der Waals surface area contributed by atoms with Gasteiger partial charge in [-0.1, -0.05) is 5.16 Å². The van der Waals surface area contributed by atoms with Crippen LogP contribution < -0.4 is 5.32 Å². The van der Waals surface area contributed by atoms with Crippen molar-refractivity contribution in [2.45, 2.75) is 25.8 Å². The number of aliphatic carboxylic acids is 1. The summed E-state index contributed by atoms with van der Waals surface area (Å²) in [5.74, 6) is -0.810. The summed E-state index contributed by atoms with van der Waals surface area (Å²) in [7, 11) is 0. The zero-order chi connectivity index (χ0) is 13.8. The van der Waals surface area contributed by atoms with Crippen LogP contribution in [0.2, 0.25) is 0 Å². The summed E-state index contributed by atoms with van der Waals surface area (Å²) in [5.41, 5.74) is 0. The molecule has 1 fully saturated rings. The molecule has 0 spiro atoms. The predicted octanol–water partition coefficient (Wildman–Crippen LogP) is 0.117. The molecular weight excluding hydrogens is 252 g/mol. The summed E-state index contributed by atoms with van der Waals surface area (Å²) in [4.78, 5) is 28.3. The second-order valence-electron chi connectivity index (χ2n) is 4.50. The maximum atomic E-state index is 11.9. The molecular formula is C11H16N4O4. The number of carbonyl (C=O) groups is 2. The van der Waals surface area contributed by atoms with Crippen LogP contribution in [0.15, 0.2) is 10.9 Å². The van der Waals surface area contributed by atoms with E-state index in [0.29, 0.717) is 31.8 Å². The van der Waals surface area contributed by atoms with Gasteiger partial charge in [0.05, 0.1) is 5.92 Å². The van der Waals surface area contributed by atoms with Crippen LogP contribution >= 0.6 is 0 Å². The lowest BCUT2D eigenvalue weighted by atomic mass is 10.0. The summed E-state index contributed by atoms with van der Waals surface area (Å²) in [5, 5.41) is 15.4. The van der Waals surface area contributed by atoms with Gasteiger partial charge in [0, 0.05) is 25.6 Å². The Morgan fingerprint density at radius 3 is 3.00 bits per heavy atom. The van der Waals surface area contributed by atoms with Crippen molar-refractivity contribution in [1.29, 1.82) is 0 Å². The van der Waals surface area contributed by atoms with E-state index in [0.717, 1.165) is 0 Å². The van der Waals surface area contributed by atoms with Gasteiger partial charge >= 0.3 is 12.0 Å². The van der Waals surface area contributed by atoms with Crippen molar-refractivity contribution in [2.75, 3.05) is 13.1 Å². The normalized spacial score (nSPS) is 22.5. The molecule has 1 aromatic rings. The minimum atomic E-state index is -0.852. The van der Waals surface area contributed by atoms with Crippen LogP contribution in [-0.4, -0.2) is 51.3 Å². The first-order chi connectivity index (χ1) is 9.09. The Morgan fingerprint density at radius 2 is 2.42 bits per heavy atom. The van der Waals surface area contributed by atoms with Crippen molar-refractivity contribution < 1.29 is 19.2 Å². The number of hydrogen-bond acceptors (Lipinski definition) is 5. The first-order valence-electron chi connectivity index (χ1n) is 6.12. The molecule has 1 saturated heterocycles. The fraction of sp³-hybridized carbons (Fsp3) is 0.636. The summed E-state index contributed by atoms with van der Waals surface area (Å²) < 4.78 is 4.58. The smallest absolute Gasteiger partial charge is 0.317 e. The summed E-state index contributed by atoms with van der Waals surface area (Å²) in [6.07, 6.45) is 2.21. The average molecular weight is 268 g/mol. The van der Waals surface area contributed by atoms with Crippen LogP contribution in [-0.2, 0) is 11.2 Å². The summed E-state index contributed by atoms with van der Waals surface area (Å²) in [6, 6.07) is -0.539. The molecule has 0 aliphatic carbocycles. The van der Waals surface area contributed by atoms with Crippen molar-refractivity contribution in [2.24, 2.45) is 5.92 Å². The number of urea groups is 1. The lowest BCUT2D eigenvalue weighted by molar-refractivity contribution is -0.142. The van der Waals surface area contributed by atoms with E-state index < -0.39 is 11.9 Å². The Kier molecular flexibility index (Phi) is 3.98. The van der Waals surface area contributed by atoms with Gasteiger partial charge in [0.25, 0.3) is 0 Å². The third kappa shape index (κ3) is 3.01. The van der Waals surface area contributed by atoms with Crippen LogP contribution in [0.1, 0.15) is 19.2 Å². The average Bonchev–Trinajstić information content (AvgIpc) is 2.98. The highest BCUT2D eigenvalue weighted by Gasteiger charge is 2.37. The number of aromatic nitrogens is 2. The Bertz CT molecular complexity index is 448. The molecule has 8 nitrogen and oxygen atoms in total. The van der Waals surface area contributed by atoms with Crippen LogP contribution in [0.5, 0.6) is 0 Å². The first-order valence-corrected chi connectivity index (χ1v) is 6.12. The van der Waals surface area contributed by atoms with Crippen LogP contribution in [0, 0.1) is 5.92 Å². The van der Waals surface area contributed by atoms with Crippen LogP contribution in [0.4, 0.5) is 4.79 Å². The van der Waals surface area contributed by atoms with Gasteiger partial charge in [-0.15, -0.1) is 0 Å². The monoisotopic (exact) mass is 268 g/mol. The van der Waals surface area contributed by atoms with Crippen molar-refractivity contribution in [3.63, 3.8) is 0 Å². The van der Waals surface area contributed by atoms with Gasteiger partial charge in [0.2, 0.25) is 6.39 Å². The van der Waals surface area contributed by atoms with Gasteiger partial charge in [-0.2, -0.15) is 4.98 Å². The minimum absolute atomic E-state index is 0.250. The third-order valence-electron chi connectivity index (χ3n) is 3.36. The number of carboxylic acids is 1. The third-order valence-corrected chi connectivity index (χ3v) is 3.36. The lowest BCUT2D eigenvalue weighted by Gasteiger charge is -2.23. The molecule has 104 valence electrons. The molecule has 2 unspecified atom stereocenters. The molecule has 0 saturated carbocycles. The van der Waals surface area contributed by atoms with Crippen molar-refractivity contribution in [3.8, 4) is 0 Å². The Labute approximate surface area is 109 Å². The fourth-order valence-electron chi connectivity index (χ4n) is 2.24. The second-order valence-corrected chi connectivity index (χ2v) is 4.50. The number of likely N-dealkylation sites (tertiary alicyclic amines) is 1. The molecule has 2 amide bonds. The first kappa shape index (κ1) is 13.3. The molecule has 0 radical (unpaired) electrons. The zero-order valence-corrected chi connectivity index (χ0v) is 10.6. The maximum absolute atomic E-state index is 11.9. The number of amides is 2. The number of carbonyl (C=O) groups excluding carboxylic acids is 1. The molecule has 0 bridgehead atoms. The molecule has 2 atom stereocenters. The molecule has 1 aliphatic rings.